The molecule has 1 atom stereocenters. The number of rotatable bonds is 3. The lowest BCUT2D eigenvalue weighted by atomic mass is 9.75. The highest BCUT2D eigenvalue weighted by Crippen LogP contribution is 2.34. The standard InChI is InChI=1S/C14H17N3O2/c1-4-14(3)8-12(18)15-16-13(14)10-6-5-9(2)11(7-10)17-19/h5-7H,4,8H2,1-3H3,(H,15,18). The largest absolute Gasteiger partial charge is 0.273 e. The Labute approximate surface area is 112 Å². The summed E-state index contributed by atoms with van der Waals surface area (Å²) in [5.41, 5.74) is 5.09. The summed E-state index contributed by atoms with van der Waals surface area (Å²) in [6.07, 6.45) is 1.21. The van der Waals surface area contributed by atoms with Crippen LogP contribution in [0.1, 0.15) is 37.8 Å². The molecule has 5 nitrogen and oxygen atoms in total. The number of benzene rings is 1. The van der Waals surface area contributed by atoms with Gasteiger partial charge in [-0.1, -0.05) is 26.0 Å². The van der Waals surface area contributed by atoms with Gasteiger partial charge in [-0.15, -0.1) is 4.91 Å². The maximum absolute atomic E-state index is 11.5. The van der Waals surface area contributed by atoms with E-state index in [0.717, 1.165) is 23.3 Å². The maximum Gasteiger partial charge on any atom is 0.241 e. The molecule has 1 heterocycles. The zero-order valence-electron chi connectivity index (χ0n) is 11.4. The Morgan fingerprint density at radius 2 is 2.21 bits per heavy atom. The molecule has 0 aliphatic carbocycles. The Bertz CT molecular complexity index is 566. The number of carbonyl (C=O) groups excluding carboxylic acids is 1. The summed E-state index contributed by atoms with van der Waals surface area (Å²) in [4.78, 5) is 22.3. The number of nitroso groups, excluding NO2 is 1. The third kappa shape index (κ3) is 2.41. The summed E-state index contributed by atoms with van der Waals surface area (Å²) in [6.45, 7) is 5.88. The molecular weight excluding hydrogens is 242 g/mol. The van der Waals surface area contributed by atoms with Crippen molar-refractivity contribution in [2.45, 2.75) is 33.6 Å². The highest BCUT2D eigenvalue weighted by molar-refractivity contribution is 6.08. The third-order valence-corrected chi connectivity index (χ3v) is 3.78. The van der Waals surface area contributed by atoms with Crippen LogP contribution < -0.4 is 5.43 Å². The minimum absolute atomic E-state index is 0.0750. The number of carbonyl (C=O) groups is 1. The lowest BCUT2D eigenvalue weighted by Crippen LogP contribution is -2.40. The van der Waals surface area contributed by atoms with Gasteiger partial charge in [0.1, 0.15) is 5.69 Å². The highest BCUT2D eigenvalue weighted by Gasteiger charge is 2.35. The van der Waals surface area contributed by atoms with Gasteiger partial charge in [0.25, 0.3) is 0 Å². The van der Waals surface area contributed by atoms with Gasteiger partial charge in [-0.3, -0.25) is 4.79 Å². The molecule has 1 unspecified atom stereocenters. The van der Waals surface area contributed by atoms with Crippen LogP contribution in [0, 0.1) is 17.2 Å². The van der Waals surface area contributed by atoms with Crippen molar-refractivity contribution in [2.75, 3.05) is 0 Å². The minimum atomic E-state index is -0.308. The van der Waals surface area contributed by atoms with E-state index in [9.17, 15) is 9.70 Å². The zero-order chi connectivity index (χ0) is 14.0. The monoisotopic (exact) mass is 259 g/mol. The predicted molar refractivity (Wildman–Crippen MR) is 74.3 cm³/mol. The van der Waals surface area contributed by atoms with Crippen molar-refractivity contribution >= 4 is 17.3 Å². The van der Waals surface area contributed by atoms with Crippen LogP contribution in [0.25, 0.3) is 0 Å². The van der Waals surface area contributed by atoms with Crippen LogP contribution in [-0.2, 0) is 4.79 Å². The summed E-state index contributed by atoms with van der Waals surface area (Å²) in [6, 6.07) is 5.49. The Balaban J connectivity index is 2.50. The SMILES string of the molecule is CCC1(C)CC(=O)NN=C1c1ccc(C)c(N=O)c1. The molecule has 1 aromatic carbocycles. The van der Waals surface area contributed by atoms with Crippen LogP contribution in [0.5, 0.6) is 0 Å². The number of aryl methyl sites for hydroxylation is 1. The summed E-state index contributed by atoms with van der Waals surface area (Å²) in [5.74, 6) is -0.0750. The van der Waals surface area contributed by atoms with E-state index in [2.05, 4.69) is 15.7 Å². The van der Waals surface area contributed by atoms with Crippen molar-refractivity contribution in [3.63, 3.8) is 0 Å². The van der Waals surface area contributed by atoms with E-state index < -0.39 is 0 Å². The molecule has 5 heteroatoms. The Kier molecular flexibility index (Phi) is 3.46. The molecule has 2 rings (SSSR count). The van der Waals surface area contributed by atoms with Crippen molar-refractivity contribution in [3.8, 4) is 0 Å². The highest BCUT2D eigenvalue weighted by atomic mass is 16.3. The minimum Gasteiger partial charge on any atom is -0.273 e. The first-order valence-corrected chi connectivity index (χ1v) is 6.31. The molecule has 0 radical (unpaired) electrons. The molecule has 1 aliphatic rings. The van der Waals surface area contributed by atoms with Crippen molar-refractivity contribution in [2.24, 2.45) is 15.7 Å². The van der Waals surface area contributed by atoms with Gasteiger partial charge in [0, 0.05) is 17.4 Å². The molecule has 1 amide bonds. The Hall–Kier alpha value is -2.04. The summed E-state index contributed by atoms with van der Waals surface area (Å²) in [5, 5.41) is 7.21. The van der Waals surface area contributed by atoms with Crippen LogP contribution in [0.2, 0.25) is 0 Å². The number of hydrazone groups is 1. The normalized spacial score (nSPS) is 22.7. The topological polar surface area (TPSA) is 70.9 Å². The molecule has 0 bridgehead atoms. The average molecular weight is 259 g/mol. The van der Waals surface area contributed by atoms with Crippen LogP contribution in [0.4, 0.5) is 5.69 Å². The van der Waals surface area contributed by atoms with Gasteiger partial charge in [0.2, 0.25) is 5.91 Å². The smallest absolute Gasteiger partial charge is 0.241 e. The molecule has 0 aromatic heterocycles. The van der Waals surface area contributed by atoms with Crippen molar-refractivity contribution < 1.29 is 4.79 Å². The second-order valence-corrected chi connectivity index (χ2v) is 5.18. The van der Waals surface area contributed by atoms with Gasteiger partial charge >= 0.3 is 0 Å². The second kappa shape index (κ2) is 4.91. The molecule has 0 fully saturated rings. The number of hydrogen-bond donors (Lipinski definition) is 1. The van der Waals surface area contributed by atoms with E-state index in [1.165, 1.54) is 0 Å². The third-order valence-electron chi connectivity index (χ3n) is 3.78. The second-order valence-electron chi connectivity index (χ2n) is 5.18. The fourth-order valence-electron chi connectivity index (χ4n) is 2.29. The van der Waals surface area contributed by atoms with Gasteiger partial charge in [-0.05, 0) is 30.2 Å². The fraction of sp³-hybridized carbons (Fsp3) is 0.429. The average Bonchev–Trinajstić information content (AvgIpc) is 2.40. The van der Waals surface area contributed by atoms with E-state index in [4.69, 9.17) is 0 Å². The van der Waals surface area contributed by atoms with E-state index in [1.54, 1.807) is 6.07 Å². The van der Waals surface area contributed by atoms with Crippen LogP contribution in [0.15, 0.2) is 28.5 Å². The number of hydrogen-bond acceptors (Lipinski definition) is 4. The van der Waals surface area contributed by atoms with Gasteiger partial charge < -0.3 is 0 Å². The maximum atomic E-state index is 11.5. The molecule has 1 N–H and O–H groups in total. The molecule has 100 valence electrons. The first-order valence-electron chi connectivity index (χ1n) is 6.31. The molecule has 0 saturated heterocycles. The van der Waals surface area contributed by atoms with Gasteiger partial charge in [0.15, 0.2) is 0 Å². The fourth-order valence-corrected chi connectivity index (χ4v) is 2.29. The number of amides is 1. The van der Waals surface area contributed by atoms with Crippen LogP contribution in [0.3, 0.4) is 0 Å². The molecule has 1 aliphatic heterocycles. The quantitative estimate of drug-likeness (QED) is 0.847. The Morgan fingerprint density at radius 1 is 1.47 bits per heavy atom. The molecule has 1 aromatic rings. The van der Waals surface area contributed by atoms with Crippen molar-refractivity contribution in [3.05, 3.63) is 34.2 Å². The molecule has 0 spiro atoms. The van der Waals surface area contributed by atoms with Gasteiger partial charge in [-0.25, -0.2) is 5.43 Å². The van der Waals surface area contributed by atoms with E-state index in [1.807, 2.05) is 32.9 Å². The first kappa shape index (κ1) is 13.4. The summed E-state index contributed by atoms with van der Waals surface area (Å²) in [7, 11) is 0. The summed E-state index contributed by atoms with van der Waals surface area (Å²) >= 11 is 0. The lowest BCUT2D eigenvalue weighted by molar-refractivity contribution is -0.123. The van der Waals surface area contributed by atoms with E-state index in [0.29, 0.717) is 12.1 Å². The lowest BCUT2D eigenvalue weighted by Gasteiger charge is -2.32. The molecule has 19 heavy (non-hydrogen) atoms. The Morgan fingerprint density at radius 3 is 2.84 bits per heavy atom. The summed E-state index contributed by atoms with van der Waals surface area (Å²) < 4.78 is 0. The van der Waals surface area contributed by atoms with Crippen molar-refractivity contribution in [1.29, 1.82) is 0 Å². The van der Waals surface area contributed by atoms with Crippen molar-refractivity contribution in [1.82, 2.24) is 5.43 Å². The van der Waals surface area contributed by atoms with E-state index >= 15 is 0 Å². The first-order chi connectivity index (χ1) is 9.00. The molecular formula is C14H17N3O2. The van der Waals surface area contributed by atoms with Crippen LogP contribution >= 0.6 is 0 Å². The van der Waals surface area contributed by atoms with Gasteiger partial charge in [-0.2, -0.15) is 5.10 Å². The zero-order valence-corrected chi connectivity index (χ0v) is 11.4. The van der Waals surface area contributed by atoms with E-state index in [-0.39, 0.29) is 11.3 Å². The van der Waals surface area contributed by atoms with Gasteiger partial charge in [0.05, 0.1) is 5.71 Å². The molecule has 0 saturated carbocycles. The number of nitrogens with one attached hydrogen (secondary N) is 1. The van der Waals surface area contributed by atoms with Crippen LogP contribution in [-0.4, -0.2) is 11.6 Å². The number of nitrogens with zero attached hydrogens (tertiary/aromatic N) is 2. The predicted octanol–water partition coefficient (Wildman–Crippen LogP) is 3.03.